The fourth-order valence-corrected chi connectivity index (χ4v) is 2.62. The summed E-state index contributed by atoms with van der Waals surface area (Å²) in [5.74, 6) is 0.259. The minimum atomic E-state index is -0.734. The number of carbonyl (C=O) groups excluding carboxylic acids is 3. The molecule has 0 aliphatic carbocycles. The Bertz CT molecular complexity index is 624. The molecule has 2 rings (SSSR count). The molecule has 1 atom stereocenters. The van der Waals surface area contributed by atoms with Crippen molar-refractivity contribution in [3.05, 3.63) is 18.2 Å². The highest BCUT2D eigenvalue weighted by Gasteiger charge is 2.42. The van der Waals surface area contributed by atoms with Gasteiger partial charge in [-0.2, -0.15) is 0 Å². The van der Waals surface area contributed by atoms with Crippen LogP contribution in [0.1, 0.15) is 26.1 Å². The van der Waals surface area contributed by atoms with Crippen molar-refractivity contribution >= 4 is 17.8 Å². The molecule has 1 aliphatic heterocycles. The standard InChI is InChI=1S/C15H23N5O3/c1-10(2)20(9-12-16-6-7-17(12)3)13(21)8-11-14(22)19(5)15(23)18(11)4/h6-7,10-11H,8-9H2,1-5H3/t11-/m0/s1. The fourth-order valence-electron chi connectivity index (χ4n) is 2.62. The molecule has 0 saturated carbocycles. The summed E-state index contributed by atoms with van der Waals surface area (Å²) < 4.78 is 1.85. The maximum atomic E-state index is 12.7. The van der Waals surface area contributed by atoms with Crippen molar-refractivity contribution in [3.8, 4) is 0 Å². The molecule has 0 radical (unpaired) electrons. The first-order valence-corrected chi connectivity index (χ1v) is 7.54. The molecule has 0 unspecified atom stereocenters. The van der Waals surface area contributed by atoms with E-state index >= 15 is 0 Å². The molecule has 0 N–H and O–H groups in total. The highest BCUT2D eigenvalue weighted by Crippen LogP contribution is 2.19. The first kappa shape index (κ1) is 17.0. The van der Waals surface area contributed by atoms with Crippen LogP contribution in [0.3, 0.4) is 0 Å². The molecule has 1 saturated heterocycles. The second-order valence-electron chi connectivity index (χ2n) is 6.08. The maximum Gasteiger partial charge on any atom is 0.326 e. The van der Waals surface area contributed by atoms with E-state index in [-0.39, 0.29) is 30.3 Å². The number of urea groups is 1. The molecule has 8 heteroatoms. The summed E-state index contributed by atoms with van der Waals surface area (Å²) in [6, 6.07) is -1.15. The lowest BCUT2D eigenvalue weighted by atomic mass is 10.1. The van der Waals surface area contributed by atoms with Crippen LogP contribution in [0.15, 0.2) is 12.4 Å². The number of imide groups is 1. The van der Waals surface area contributed by atoms with Gasteiger partial charge in [0.25, 0.3) is 5.91 Å². The predicted molar refractivity (Wildman–Crippen MR) is 83.2 cm³/mol. The largest absolute Gasteiger partial charge is 0.337 e. The number of hydrogen-bond acceptors (Lipinski definition) is 4. The number of aryl methyl sites for hydroxylation is 1. The van der Waals surface area contributed by atoms with E-state index in [1.165, 1.54) is 11.9 Å². The average Bonchev–Trinajstić information content (AvgIpc) is 2.97. The Kier molecular flexibility index (Phi) is 4.72. The zero-order chi connectivity index (χ0) is 17.3. The number of aromatic nitrogens is 2. The second-order valence-corrected chi connectivity index (χ2v) is 6.08. The minimum Gasteiger partial charge on any atom is -0.337 e. The molecule has 0 spiro atoms. The fraction of sp³-hybridized carbons (Fsp3) is 0.600. The minimum absolute atomic E-state index is 0.0198. The van der Waals surface area contributed by atoms with Gasteiger partial charge >= 0.3 is 6.03 Å². The monoisotopic (exact) mass is 321 g/mol. The lowest BCUT2D eigenvalue weighted by molar-refractivity contribution is -0.138. The first-order chi connectivity index (χ1) is 10.7. The molecule has 1 aromatic heterocycles. The van der Waals surface area contributed by atoms with Crippen LogP contribution in [0.5, 0.6) is 0 Å². The summed E-state index contributed by atoms with van der Waals surface area (Å²) in [7, 11) is 4.84. The highest BCUT2D eigenvalue weighted by molar-refractivity contribution is 6.05. The number of amides is 4. The van der Waals surface area contributed by atoms with Gasteiger partial charge in [0.2, 0.25) is 5.91 Å². The zero-order valence-corrected chi connectivity index (χ0v) is 14.2. The van der Waals surface area contributed by atoms with Crippen molar-refractivity contribution in [3.63, 3.8) is 0 Å². The van der Waals surface area contributed by atoms with E-state index in [2.05, 4.69) is 4.98 Å². The van der Waals surface area contributed by atoms with E-state index in [1.807, 2.05) is 31.7 Å². The molecule has 0 aromatic carbocycles. The summed E-state index contributed by atoms with van der Waals surface area (Å²) in [4.78, 5) is 44.8. The van der Waals surface area contributed by atoms with Crippen molar-refractivity contribution < 1.29 is 14.4 Å². The van der Waals surface area contributed by atoms with Crippen LogP contribution in [0.2, 0.25) is 0 Å². The van der Waals surface area contributed by atoms with Crippen LogP contribution in [-0.4, -0.2) is 68.3 Å². The number of carbonyl (C=O) groups is 3. The zero-order valence-electron chi connectivity index (χ0n) is 14.2. The summed E-state index contributed by atoms with van der Waals surface area (Å²) in [6.07, 6.45) is 3.48. The smallest absolute Gasteiger partial charge is 0.326 e. The maximum absolute atomic E-state index is 12.7. The quantitative estimate of drug-likeness (QED) is 0.737. The Morgan fingerprint density at radius 3 is 2.39 bits per heavy atom. The highest BCUT2D eigenvalue weighted by atomic mass is 16.2. The number of imidazole rings is 1. The van der Waals surface area contributed by atoms with E-state index < -0.39 is 6.04 Å². The van der Waals surface area contributed by atoms with Gasteiger partial charge in [0.1, 0.15) is 11.9 Å². The molecule has 1 aromatic rings. The van der Waals surface area contributed by atoms with Gasteiger partial charge < -0.3 is 14.4 Å². The summed E-state index contributed by atoms with van der Waals surface area (Å²) in [5, 5.41) is 0. The summed E-state index contributed by atoms with van der Waals surface area (Å²) in [6.45, 7) is 4.20. The van der Waals surface area contributed by atoms with Gasteiger partial charge in [-0.05, 0) is 13.8 Å². The molecule has 1 fully saturated rings. The molecule has 2 heterocycles. The van der Waals surface area contributed by atoms with E-state index in [1.54, 1.807) is 18.1 Å². The van der Waals surface area contributed by atoms with Gasteiger partial charge in [0.15, 0.2) is 0 Å². The van der Waals surface area contributed by atoms with Crippen LogP contribution in [0.4, 0.5) is 4.79 Å². The van der Waals surface area contributed by atoms with Gasteiger partial charge in [0, 0.05) is 39.6 Å². The lowest BCUT2D eigenvalue weighted by Gasteiger charge is -2.28. The van der Waals surface area contributed by atoms with Crippen molar-refractivity contribution in [2.45, 2.75) is 38.9 Å². The van der Waals surface area contributed by atoms with E-state index in [0.29, 0.717) is 6.54 Å². The number of hydrogen-bond donors (Lipinski definition) is 0. The van der Waals surface area contributed by atoms with Crippen LogP contribution >= 0.6 is 0 Å². The first-order valence-electron chi connectivity index (χ1n) is 7.54. The Labute approximate surface area is 135 Å². The normalized spacial score (nSPS) is 18.3. The van der Waals surface area contributed by atoms with Gasteiger partial charge in [-0.1, -0.05) is 0 Å². The third kappa shape index (κ3) is 3.20. The van der Waals surface area contributed by atoms with E-state index in [4.69, 9.17) is 0 Å². The number of likely N-dealkylation sites (N-methyl/N-ethyl adjacent to an activating group) is 2. The molecule has 8 nitrogen and oxygen atoms in total. The van der Waals surface area contributed by atoms with E-state index in [0.717, 1.165) is 10.7 Å². The second kappa shape index (κ2) is 6.39. The topological polar surface area (TPSA) is 78.8 Å². The van der Waals surface area contributed by atoms with Gasteiger partial charge in [-0.3, -0.25) is 14.5 Å². The Hall–Kier alpha value is -2.38. The van der Waals surface area contributed by atoms with Crippen molar-refractivity contribution in [1.29, 1.82) is 0 Å². The molecule has 1 aliphatic rings. The third-order valence-corrected chi connectivity index (χ3v) is 4.22. The predicted octanol–water partition coefficient (Wildman–Crippen LogP) is 0.440. The molecule has 23 heavy (non-hydrogen) atoms. The average molecular weight is 321 g/mol. The van der Waals surface area contributed by atoms with Gasteiger partial charge in [-0.25, -0.2) is 9.78 Å². The lowest BCUT2D eigenvalue weighted by Crippen LogP contribution is -2.42. The SMILES string of the molecule is CC(C)N(Cc1nccn1C)C(=O)C[C@H]1C(=O)N(C)C(=O)N1C. The van der Waals surface area contributed by atoms with Crippen LogP contribution in [-0.2, 0) is 23.2 Å². The van der Waals surface area contributed by atoms with E-state index in [9.17, 15) is 14.4 Å². The Morgan fingerprint density at radius 1 is 1.30 bits per heavy atom. The summed E-state index contributed by atoms with van der Waals surface area (Å²) >= 11 is 0. The van der Waals surface area contributed by atoms with Gasteiger partial charge in [-0.15, -0.1) is 0 Å². The van der Waals surface area contributed by atoms with Crippen molar-refractivity contribution in [1.82, 2.24) is 24.3 Å². The Balaban J connectivity index is 2.12. The van der Waals surface area contributed by atoms with Crippen LogP contribution < -0.4 is 0 Å². The van der Waals surface area contributed by atoms with Gasteiger partial charge in [0.05, 0.1) is 13.0 Å². The number of rotatable bonds is 5. The molecule has 126 valence electrons. The molecule has 0 bridgehead atoms. The van der Waals surface area contributed by atoms with Crippen LogP contribution in [0, 0.1) is 0 Å². The Morgan fingerprint density at radius 2 is 1.96 bits per heavy atom. The molecular formula is C15H23N5O3. The van der Waals surface area contributed by atoms with Crippen LogP contribution in [0.25, 0.3) is 0 Å². The van der Waals surface area contributed by atoms with Crippen molar-refractivity contribution in [2.24, 2.45) is 7.05 Å². The van der Waals surface area contributed by atoms with Crippen molar-refractivity contribution in [2.75, 3.05) is 14.1 Å². The molecule has 4 amide bonds. The number of nitrogens with zero attached hydrogens (tertiary/aromatic N) is 5. The molecular weight excluding hydrogens is 298 g/mol. The summed E-state index contributed by atoms with van der Waals surface area (Å²) in [5.41, 5.74) is 0. The third-order valence-electron chi connectivity index (χ3n) is 4.22.